The minimum absolute atomic E-state index is 0.132. The average molecular weight is 258 g/mol. The van der Waals surface area contributed by atoms with E-state index in [9.17, 15) is 4.79 Å². The molecule has 5 heteroatoms. The molecule has 5 nitrogen and oxygen atoms in total. The van der Waals surface area contributed by atoms with Crippen molar-refractivity contribution in [1.82, 2.24) is 19.7 Å². The fourth-order valence-electron chi connectivity index (χ4n) is 1.90. The number of rotatable bonds is 5. The van der Waals surface area contributed by atoms with Gasteiger partial charge in [-0.2, -0.15) is 5.10 Å². The van der Waals surface area contributed by atoms with Crippen molar-refractivity contribution in [3.05, 3.63) is 48.0 Å². The molecule has 0 N–H and O–H groups in total. The molecule has 0 aromatic carbocycles. The number of hydrogen-bond acceptors (Lipinski definition) is 3. The summed E-state index contributed by atoms with van der Waals surface area (Å²) in [4.78, 5) is 17.8. The summed E-state index contributed by atoms with van der Waals surface area (Å²) in [6.45, 7) is 0.597. The van der Waals surface area contributed by atoms with Crippen molar-refractivity contribution in [1.29, 1.82) is 0 Å². The first kappa shape index (κ1) is 13.3. The van der Waals surface area contributed by atoms with E-state index in [1.807, 2.05) is 32.4 Å². The zero-order valence-corrected chi connectivity index (χ0v) is 11.3. The van der Waals surface area contributed by atoms with Crippen molar-refractivity contribution in [3.8, 4) is 0 Å². The quantitative estimate of drug-likeness (QED) is 0.814. The fourth-order valence-corrected chi connectivity index (χ4v) is 1.90. The lowest BCUT2D eigenvalue weighted by Gasteiger charge is -2.16. The van der Waals surface area contributed by atoms with E-state index in [1.54, 1.807) is 28.2 Å². The van der Waals surface area contributed by atoms with Gasteiger partial charge in [-0.25, -0.2) is 0 Å². The van der Waals surface area contributed by atoms with E-state index >= 15 is 0 Å². The van der Waals surface area contributed by atoms with Crippen LogP contribution in [0, 0.1) is 0 Å². The highest BCUT2D eigenvalue weighted by atomic mass is 16.2. The van der Waals surface area contributed by atoms with E-state index in [-0.39, 0.29) is 5.91 Å². The molecular formula is C14H18N4O. The largest absolute Gasteiger partial charge is 0.341 e. The van der Waals surface area contributed by atoms with Crippen LogP contribution in [0.2, 0.25) is 0 Å². The van der Waals surface area contributed by atoms with Crippen LogP contribution in [0.3, 0.4) is 0 Å². The average Bonchev–Trinajstić information content (AvgIpc) is 2.83. The molecule has 2 aromatic rings. The van der Waals surface area contributed by atoms with Gasteiger partial charge in [-0.15, -0.1) is 0 Å². The summed E-state index contributed by atoms with van der Waals surface area (Å²) in [6.07, 6.45) is 8.48. The lowest BCUT2D eigenvalue weighted by atomic mass is 10.2. The van der Waals surface area contributed by atoms with Crippen LogP contribution in [0.5, 0.6) is 0 Å². The van der Waals surface area contributed by atoms with Crippen molar-refractivity contribution < 1.29 is 4.79 Å². The molecule has 19 heavy (non-hydrogen) atoms. The van der Waals surface area contributed by atoms with Crippen molar-refractivity contribution in [2.45, 2.75) is 19.4 Å². The third-order valence-corrected chi connectivity index (χ3v) is 2.95. The first-order valence-electron chi connectivity index (χ1n) is 6.25. The standard InChI is InChI=1S/C14H18N4O/c1-17(10-12-4-3-7-15-8-12)14(19)6-5-13-9-16-18(2)11-13/h3-4,7-9,11H,5-6,10H2,1-2H3. The Morgan fingerprint density at radius 2 is 2.21 bits per heavy atom. The third-order valence-electron chi connectivity index (χ3n) is 2.95. The van der Waals surface area contributed by atoms with Crippen LogP contribution in [0.4, 0.5) is 0 Å². The third kappa shape index (κ3) is 3.91. The molecule has 2 aromatic heterocycles. The Hall–Kier alpha value is -2.17. The van der Waals surface area contributed by atoms with E-state index < -0.39 is 0 Å². The van der Waals surface area contributed by atoms with Crippen LogP contribution >= 0.6 is 0 Å². The summed E-state index contributed by atoms with van der Waals surface area (Å²) >= 11 is 0. The molecule has 1 amide bonds. The molecule has 0 aliphatic rings. The maximum Gasteiger partial charge on any atom is 0.222 e. The summed E-state index contributed by atoms with van der Waals surface area (Å²) in [5.74, 6) is 0.132. The SMILES string of the molecule is CN(Cc1cccnc1)C(=O)CCc1cnn(C)c1. The molecule has 0 spiro atoms. The van der Waals surface area contributed by atoms with Gasteiger partial charge in [0.25, 0.3) is 0 Å². The van der Waals surface area contributed by atoms with E-state index in [2.05, 4.69) is 10.1 Å². The number of aromatic nitrogens is 3. The first-order chi connectivity index (χ1) is 9.15. The lowest BCUT2D eigenvalue weighted by molar-refractivity contribution is -0.130. The molecule has 0 aliphatic carbocycles. The predicted molar refractivity (Wildman–Crippen MR) is 72.2 cm³/mol. The number of nitrogens with zero attached hydrogens (tertiary/aromatic N) is 4. The minimum atomic E-state index is 0.132. The summed E-state index contributed by atoms with van der Waals surface area (Å²) in [5, 5.41) is 4.09. The number of carbonyl (C=O) groups excluding carboxylic acids is 1. The highest BCUT2D eigenvalue weighted by molar-refractivity contribution is 5.76. The van der Waals surface area contributed by atoms with Crippen LogP contribution in [0.1, 0.15) is 17.5 Å². The monoisotopic (exact) mass is 258 g/mol. The maximum absolute atomic E-state index is 12.0. The van der Waals surface area contributed by atoms with Crippen molar-refractivity contribution in [2.24, 2.45) is 7.05 Å². The van der Waals surface area contributed by atoms with Gasteiger partial charge in [0, 0.05) is 45.7 Å². The number of hydrogen-bond donors (Lipinski definition) is 0. The van der Waals surface area contributed by atoms with Gasteiger partial charge in [0.15, 0.2) is 0 Å². The Bertz CT molecular complexity index is 535. The second-order valence-corrected chi connectivity index (χ2v) is 4.63. The van der Waals surface area contributed by atoms with Gasteiger partial charge in [-0.1, -0.05) is 6.07 Å². The first-order valence-corrected chi connectivity index (χ1v) is 6.25. The van der Waals surface area contributed by atoms with Gasteiger partial charge in [-0.3, -0.25) is 14.5 Å². The zero-order valence-electron chi connectivity index (χ0n) is 11.3. The molecule has 0 radical (unpaired) electrons. The van der Waals surface area contributed by atoms with Gasteiger partial charge in [0.1, 0.15) is 0 Å². The number of carbonyl (C=O) groups is 1. The molecule has 0 saturated carbocycles. The fraction of sp³-hybridized carbons (Fsp3) is 0.357. The maximum atomic E-state index is 12.0. The lowest BCUT2D eigenvalue weighted by Crippen LogP contribution is -2.26. The second kappa shape index (κ2) is 6.13. The number of aryl methyl sites for hydroxylation is 2. The summed E-state index contributed by atoms with van der Waals surface area (Å²) in [5.41, 5.74) is 2.13. The number of amides is 1. The normalized spacial score (nSPS) is 10.4. The van der Waals surface area contributed by atoms with Crippen LogP contribution < -0.4 is 0 Å². The van der Waals surface area contributed by atoms with Crippen LogP contribution in [0.25, 0.3) is 0 Å². The number of pyridine rings is 1. The van der Waals surface area contributed by atoms with Crippen molar-refractivity contribution in [2.75, 3.05) is 7.05 Å². The van der Waals surface area contributed by atoms with Crippen LogP contribution in [-0.2, 0) is 24.8 Å². The minimum Gasteiger partial charge on any atom is -0.341 e. The van der Waals surface area contributed by atoms with Crippen LogP contribution in [0.15, 0.2) is 36.9 Å². The Labute approximate surface area is 112 Å². The Morgan fingerprint density at radius 3 is 2.84 bits per heavy atom. The molecule has 2 heterocycles. The Morgan fingerprint density at radius 1 is 1.37 bits per heavy atom. The second-order valence-electron chi connectivity index (χ2n) is 4.63. The van der Waals surface area contributed by atoms with Gasteiger partial charge in [0.2, 0.25) is 5.91 Å². The van der Waals surface area contributed by atoms with Gasteiger partial charge in [-0.05, 0) is 23.6 Å². The predicted octanol–water partition coefficient (Wildman–Crippen LogP) is 1.41. The summed E-state index contributed by atoms with van der Waals surface area (Å²) in [7, 11) is 3.69. The highest BCUT2D eigenvalue weighted by Gasteiger charge is 2.10. The van der Waals surface area contributed by atoms with Gasteiger partial charge in [0.05, 0.1) is 6.20 Å². The summed E-state index contributed by atoms with van der Waals surface area (Å²) in [6, 6.07) is 3.85. The molecule has 0 atom stereocenters. The highest BCUT2D eigenvalue weighted by Crippen LogP contribution is 2.06. The summed E-state index contributed by atoms with van der Waals surface area (Å²) < 4.78 is 1.75. The molecule has 2 rings (SSSR count). The molecule has 0 aliphatic heterocycles. The Balaban J connectivity index is 1.82. The molecule has 0 bridgehead atoms. The molecule has 0 fully saturated rings. The van der Waals surface area contributed by atoms with E-state index in [1.165, 1.54) is 0 Å². The van der Waals surface area contributed by atoms with Crippen LogP contribution in [-0.4, -0.2) is 32.6 Å². The van der Waals surface area contributed by atoms with Crippen molar-refractivity contribution in [3.63, 3.8) is 0 Å². The smallest absolute Gasteiger partial charge is 0.222 e. The molecule has 0 unspecified atom stereocenters. The van der Waals surface area contributed by atoms with Gasteiger partial charge < -0.3 is 4.90 Å². The zero-order chi connectivity index (χ0) is 13.7. The van der Waals surface area contributed by atoms with Gasteiger partial charge >= 0.3 is 0 Å². The van der Waals surface area contributed by atoms with E-state index in [4.69, 9.17) is 0 Å². The van der Waals surface area contributed by atoms with E-state index in [0.717, 1.165) is 17.5 Å². The molecule has 0 saturated heterocycles. The Kier molecular flexibility index (Phi) is 4.28. The topological polar surface area (TPSA) is 51.0 Å². The van der Waals surface area contributed by atoms with Crippen molar-refractivity contribution >= 4 is 5.91 Å². The molecule has 100 valence electrons. The van der Waals surface area contributed by atoms with E-state index in [0.29, 0.717) is 13.0 Å². The molecular weight excluding hydrogens is 240 g/mol.